The number of rotatable bonds is 10. The number of aliphatic carboxylic acids is 1. The highest BCUT2D eigenvalue weighted by atomic mass is 19.1. The van der Waals surface area contributed by atoms with Crippen molar-refractivity contribution in [2.75, 3.05) is 5.32 Å². The van der Waals surface area contributed by atoms with E-state index in [1.807, 2.05) is 13.8 Å². The van der Waals surface area contributed by atoms with Crippen LogP contribution < -0.4 is 5.32 Å². The lowest BCUT2D eigenvalue weighted by Crippen LogP contribution is -2.19. The van der Waals surface area contributed by atoms with E-state index in [1.165, 1.54) is 29.2 Å². The maximum absolute atomic E-state index is 13.6. The van der Waals surface area contributed by atoms with Crippen LogP contribution in [0.1, 0.15) is 43.9 Å². The van der Waals surface area contributed by atoms with Gasteiger partial charge in [0.05, 0.1) is 30.0 Å². The minimum absolute atomic E-state index is 0.0448. The van der Waals surface area contributed by atoms with E-state index < -0.39 is 24.6 Å². The molecule has 0 fully saturated rings. The molecule has 0 bridgehead atoms. The lowest BCUT2D eigenvalue weighted by Gasteiger charge is -2.17. The Balaban J connectivity index is 2.04. The Hall–Kier alpha value is -3.70. The average molecular weight is 471 g/mol. The average Bonchev–Trinajstić information content (AvgIpc) is 3.16. The monoisotopic (exact) mass is 470 g/mol. The topological polar surface area (TPSA) is 146 Å². The quantitative estimate of drug-likeness (QED) is 0.351. The van der Waals surface area contributed by atoms with Gasteiger partial charge in [-0.1, -0.05) is 26.0 Å². The number of halogens is 1. The molecule has 0 amide bonds. The van der Waals surface area contributed by atoms with Crippen LogP contribution in [0.15, 0.2) is 36.7 Å². The van der Waals surface area contributed by atoms with Gasteiger partial charge >= 0.3 is 5.97 Å². The van der Waals surface area contributed by atoms with E-state index in [9.17, 15) is 19.4 Å². The molecule has 10 nitrogen and oxygen atoms in total. The van der Waals surface area contributed by atoms with E-state index in [2.05, 4.69) is 25.4 Å². The molecule has 2 aromatic heterocycles. The highest BCUT2D eigenvalue weighted by Crippen LogP contribution is 2.31. The zero-order chi connectivity index (χ0) is 24.8. The number of aliphatic hydroxyl groups excluding tert-OH is 2. The fourth-order valence-electron chi connectivity index (χ4n) is 3.33. The van der Waals surface area contributed by atoms with Gasteiger partial charge in [-0.05, 0) is 30.2 Å². The second-order valence-corrected chi connectivity index (χ2v) is 8.10. The minimum atomic E-state index is -1.19. The number of nitrogens with one attached hydrogen (secondary N) is 1. The largest absolute Gasteiger partial charge is 0.481 e. The fraction of sp³-hybridized carbons (Fsp3) is 0.348. The van der Waals surface area contributed by atoms with Crippen molar-refractivity contribution in [1.82, 2.24) is 24.7 Å². The van der Waals surface area contributed by atoms with Crippen LogP contribution in [-0.2, 0) is 11.8 Å². The third-order valence-electron chi connectivity index (χ3n) is 4.98. The van der Waals surface area contributed by atoms with Crippen molar-refractivity contribution in [2.45, 2.75) is 44.8 Å². The lowest BCUT2D eigenvalue weighted by molar-refractivity contribution is -0.139. The van der Waals surface area contributed by atoms with Gasteiger partial charge in [-0.2, -0.15) is 10.1 Å². The summed E-state index contributed by atoms with van der Waals surface area (Å²) in [6.45, 7) is 3.90. The summed E-state index contributed by atoms with van der Waals surface area (Å²) in [6.07, 6.45) is 1.60. The number of benzene rings is 1. The fourth-order valence-corrected chi connectivity index (χ4v) is 3.33. The SMILES string of the molecule is CC(C)c1nc(Nc2ncnn2C)nc(-c2ccc(F)cc2)c1C=C[C@@H](O)C[C@@H](O)CC(=O)O. The Morgan fingerprint density at radius 3 is 2.50 bits per heavy atom. The molecule has 0 aliphatic carbocycles. The first-order valence-corrected chi connectivity index (χ1v) is 10.7. The molecule has 0 saturated heterocycles. The molecule has 0 saturated carbocycles. The Morgan fingerprint density at radius 2 is 1.91 bits per heavy atom. The summed E-state index contributed by atoms with van der Waals surface area (Å²) in [5, 5.41) is 36.0. The number of aromatic nitrogens is 5. The number of carboxylic acids is 1. The van der Waals surface area contributed by atoms with E-state index >= 15 is 0 Å². The summed E-state index contributed by atoms with van der Waals surface area (Å²) in [5.41, 5.74) is 2.40. The van der Waals surface area contributed by atoms with Gasteiger partial charge < -0.3 is 15.3 Å². The molecule has 2 atom stereocenters. The molecular weight excluding hydrogens is 443 g/mol. The van der Waals surface area contributed by atoms with Gasteiger partial charge in [-0.25, -0.2) is 19.0 Å². The molecule has 3 aromatic rings. The first kappa shape index (κ1) is 24.9. The number of aryl methyl sites for hydroxylation is 1. The molecule has 180 valence electrons. The van der Waals surface area contributed by atoms with Crippen molar-refractivity contribution in [3.05, 3.63) is 53.7 Å². The second kappa shape index (κ2) is 10.9. The molecule has 0 unspecified atom stereocenters. The molecule has 2 heterocycles. The van der Waals surface area contributed by atoms with Crippen molar-refractivity contribution in [1.29, 1.82) is 0 Å². The van der Waals surface area contributed by atoms with Crippen LogP contribution in [-0.4, -0.2) is 58.2 Å². The summed E-state index contributed by atoms with van der Waals surface area (Å²) in [5.74, 6) is -0.876. The molecular formula is C23H27FN6O4. The number of nitrogens with zero attached hydrogens (tertiary/aromatic N) is 5. The van der Waals surface area contributed by atoms with Gasteiger partial charge in [0.1, 0.15) is 12.1 Å². The van der Waals surface area contributed by atoms with Crippen LogP contribution in [0.4, 0.5) is 16.3 Å². The third-order valence-corrected chi connectivity index (χ3v) is 4.98. The zero-order valence-electron chi connectivity index (χ0n) is 19.1. The summed E-state index contributed by atoms with van der Waals surface area (Å²) in [7, 11) is 1.72. The molecule has 0 aliphatic heterocycles. The maximum atomic E-state index is 13.6. The van der Waals surface area contributed by atoms with E-state index in [0.717, 1.165) is 0 Å². The number of anilines is 2. The highest BCUT2D eigenvalue weighted by Gasteiger charge is 2.19. The minimum Gasteiger partial charge on any atom is -0.481 e. The van der Waals surface area contributed by atoms with Gasteiger partial charge in [0, 0.05) is 24.6 Å². The van der Waals surface area contributed by atoms with Crippen LogP contribution in [0.3, 0.4) is 0 Å². The predicted molar refractivity (Wildman–Crippen MR) is 124 cm³/mol. The smallest absolute Gasteiger partial charge is 0.305 e. The third kappa shape index (κ3) is 6.42. The maximum Gasteiger partial charge on any atom is 0.305 e. The Morgan fingerprint density at radius 1 is 1.21 bits per heavy atom. The van der Waals surface area contributed by atoms with E-state index in [-0.39, 0.29) is 24.1 Å². The predicted octanol–water partition coefficient (Wildman–Crippen LogP) is 2.88. The number of carbonyl (C=O) groups is 1. The van der Waals surface area contributed by atoms with Gasteiger partial charge in [-0.15, -0.1) is 0 Å². The van der Waals surface area contributed by atoms with Gasteiger partial charge in [0.15, 0.2) is 0 Å². The second-order valence-electron chi connectivity index (χ2n) is 8.10. The Kier molecular flexibility index (Phi) is 8.03. The van der Waals surface area contributed by atoms with Crippen molar-refractivity contribution in [2.24, 2.45) is 7.05 Å². The van der Waals surface area contributed by atoms with Crippen LogP contribution in [0.25, 0.3) is 17.3 Å². The van der Waals surface area contributed by atoms with Crippen molar-refractivity contribution < 1.29 is 24.5 Å². The van der Waals surface area contributed by atoms with Gasteiger partial charge in [0.2, 0.25) is 11.9 Å². The molecule has 11 heteroatoms. The number of aliphatic hydroxyl groups is 2. The number of hydrogen-bond donors (Lipinski definition) is 4. The van der Waals surface area contributed by atoms with Crippen molar-refractivity contribution in [3.8, 4) is 11.3 Å². The van der Waals surface area contributed by atoms with Crippen LogP contribution >= 0.6 is 0 Å². The zero-order valence-corrected chi connectivity index (χ0v) is 19.1. The van der Waals surface area contributed by atoms with Gasteiger partial charge in [0.25, 0.3) is 0 Å². The lowest BCUT2D eigenvalue weighted by atomic mass is 9.97. The van der Waals surface area contributed by atoms with Crippen molar-refractivity contribution in [3.63, 3.8) is 0 Å². The van der Waals surface area contributed by atoms with Gasteiger partial charge in [-0.3, -0.25) is 10.1 Å². The Labute approximate surface area is 195 Å². The van der Waals surface area contributed by atoms with Crippen LogP contribution in [0.5, 0.6) is 0 Å². The number of hydrogen-bond acceptors (Lipinski definition) is 8. The summed E-state index contributed by atoms with van der Waals surface area (Å²) >= 11 is 0. The first-order chi connectivity index (χ1) is 16.1. The van der Waals surface area contributed by atoms with Crippen LogP contribution in [0, 0.1) is 5.82 Å². The highest BCUT2D eigenvalue weighted by molar-refractivity contribution is 5.75. The van der Waals surface area contributed by atoms with Crippen molar-refractivity contribution >= 4 is 23.9 Å². The molecule has 0 radical (unpaired) electrons. The van der Waals surface area contributed by atoms with E-state index in [4.69, 9.17) is 5.11 Å². The molecule has 34 heavy (non-hydrogen) atoms. The molecule has 0 spiro atoms. The summed E-state index contributed by atoms with van der Waals surface area (Å²) < 4.78 is 15.1. The van der Waals surface area contributed by atoms with Crippen LogP contribution in [0.2, 0.25) is 0 Å². The molecule has 0 aliphatic rings. The molecule has 3 rings (SSSR count). The Bertz CT molecular complexity index is 1160. The summed E-state index contributed by atoms with van der Waals surface area (Å²) in [4.78, 5) is 24.1. The molecule has 1 aromatic carbocycles. The first-order valence-electron chi connectivity index (χ1n) is 10.7. The molecule has 4 N–H and O–H groups in total. The summed E-state index contributed by atoms with van der Waals surface area (Å²) in [6, 6.07) is 5.84. The number of carboxylic acid groups (broad SMARTS) is 1. The standard InChI is InChI=1S/C23H27FN6O4/c1-13(2)20-18(9-8-16(31)10-17(32)11-19(33)34)21(14-4-6-15(24)7-5-14)28-22(27-20)29-23-25-12-26-30(23)3/h4-9,12-13,16-17,31-32H,10-11H2,1-3H3,(H,33,34)(H,25,26,27,28,29)/t16-,17-/m1/s1. The van der Waals surface area contributed by atoms with E-state index in [0.29, 0.717) is 28.5 Å². The normalized spacial score (nSPS) is 13.4. The van der Waals surface area contributed by atoms with E-state index in [1.54, 1.807) is 25.3 Å².